The Labute approximate surface area is 185 Å². The molecule has 12 heteroatoms. The molecule has 0 bridgehead atoms. The summed E-state index contributed by atoms with van der Waals surface area (Å²) < 4.78 is 137. The van der Waals surface area contributed by atoms with Crippen LogP contribution < -0.4 is 14.8 Å². The van der Waals surface area contributed by atoms with E-state index in [1.807, 2.05) is 0 Å². The molecule has 0 fully saturated rings. The third-order valence-electron chi connectivity index (χ3n) is 4.72. The van der Waals surface area contributed by atoms with Crippen molar-refractivity contribution in [3.8, 4) is 11.5 Å². The zero-order valence-corrected chi connectivity index (χ0v) is 16.4. The van der Waals surface area contributed by atoms with Gasteiger partial charge in [0.15, 0.2) is 40.7 Å². The van der Waals surface area contributed by atoms with Crippen molar-refractivity contribution in [3.05, 3.63) is 101 Å². The summed E-state index contributed by atoms with van der Waals surface area (Å²) in [6, 6.07) is 4.59. The van der Waals surface area contributed by atoms with Crippen LogP contribution in [0.5, 0.6) is 11.5 Å². The fourth-order valence-electron chi connectivity index (χ4n) is 3.17. The topological polar surface area (TPSA) is 18.5 Å². The van der Waals surface area contributed by atoms with Crippen LogP contribution in [0.15, 0.2) is 48.5 Å². The van der Waals surface area contributed by atoms with E-state index in [4.69, 9.17) is 9.31 Å². The maximum atomic E-state index is 14.9. The van der Waals surface area contributed by atoms with Crippen LogP contribution >= 0.6 is 0 Å². The number of halogens is 9. The van der Waals surface area contributed by atoms with Crippen LogP contribution in [0.25, 0.3) is 10.8 Å². The summed E-state index contributed by atoms with van der Waals surface area (Å²) in [6.07, 6.45) is 0. The molecule has 4 aromatic rings. The molecule has 0 saturated carbocycles. The van der Waals surface area contributed by atoms with Gasteiger partial charge in [0.05, 0.1) is 10.8 Å². The second-order valence-electron chi connectivity index (χ2n) is 6.86. The van der Waals surface area contributed by atoms with Crippen LogP contribution in [0.1, 0.15) is 0 Å². The minimum Gasteiger partial charge on any atom is -0.520 e. The lowest BCUT2D eigenvalue weighted by atomic mass is 9.74. The van der Waals surface area contributed by atoms with Crippen LogP contribution in [-0.4, -0.2) is 7.12 Å². The van der Waals surface area contributed by atoms with Gasteiger partial charge in [0, 0.05) is 12.1 Å². The fourth-order valence-corrected chi connectivity index (χ4v) is 3.17. The van der Waals surface area contributed by atoms with Crippen molar-refractivity contribution < 1.29 is 48.8 Å². The maximum Gasteiger partial charge on any atom is 0.636 e. The predicted molar refractivity (Wildman–Crippen MR) is 103 cm³/mol. The second-order valence-corrected chi connectivity index (χ2v) is 6.86. The molecule has 0 radical (unpaired) electrons. The Morgan fingerprint density at radius 2 is 1.00 bits per heavy atom. The van der Waals surface area contributed by atoms with Gasteiger partial charge in [0.2, 0.25) is 0 Å². The van der Waals surface area contributed by atoms with Crippen molar-refractivity contribution in [2.75, 3.05) is 0 Å². The highest BCUT2D eigenvalue weighted by molar-refractivity contribution is 6.66. The molecule has 0 saturated heterocycles. The average Bonchev–Trinajstić information content (AvgIpc) is 2.79. The largest absolute Gasteiger partial charge is 0.636 e. The zero-order valence-electron chi connectivity index (χ0n) is 16.4. The van der Waals surface area contributed by atoms with Crippen molar-refractivity contribution >= 4 is 23.4 Å². The highest BCUT2D eigenvalue weighted by atomic mass is 19.2. The first-order valence-electron chi connectivity index (χ1n) is 9.26. The first-order valence-corrected chi connectivity index (χ1v) is 9.26. The van der Waals surface area contributed by atoms with Gasteiger partial charge in [0.25, 0.3) is 0 Å². The van der Waals surface area contributed by atoms with Gasteiger partial charge in [-0.25, -0.2) is 39.5 Å². The van der Waals surface area contributed by atoms with Crippen LogP contribution in [0.3, 0.4) is 0 Å². The monoisotopic (exact) mass is 486 g/mol. The number of benzene rings is 4. The molecule has 4 rings (SSSR count). The van der Waals surface area contributed by atoms with Gasteiger partial charge in [-0.15, -0.1) is 0 Å². The minimum absolute atomic E-state index is 0.445. The molecular weight excluding hydrogens is 478 g/mol. The summed E-state index contributed by atoms with van der Waals surface area (Å²) in [4.78, 5) is 0. The van der Waals surface area contributed by atoms with Crippen molar-refractivity contribution in [2.24, 2.45) is 0 Å². The SMILES string of the molecule is Fc1ccc(F)c(OB(Oc2cc(F)ccc2F)c2c(F)c(F)c(F)c3c(F)c(F)ccc23)c1. The normalized spacial score (nSPS) is 11.1. The van der Waals surface area contributed by atoms with E-state index >= 15 is 0 Å². The van der Waals surface area contributed by atoms with Gasteiger partial charge in [0.1, 0.15) is 23.1 Å². The quantitative estimate of drug-likeness (QED) is 0.198. The van der Waals surface area contributed by atoms with Crippen LogP contribution in [0.4, 0.5) is 39.5 Å². The number of rotatable bonds is 5. The predicted octanol–water partition coefficient (Wildman–Crippen LogP) is 5.94. The molecule has 0 aliphatic carbocycles. The van der Waals surface area contributed by atoms with Crippen molar-refractivity contribution in [1.29, 1.82) is 0 Å². The Hall–Kier alpha value is -3.83. The van der Waals surface area contributed by atoms with E-state index in [1.54, 1.807) is 0 Å². The Kier molecular flexibility index (Phi) is 6.07. The molecule has 2 nitrogen and oxygen atoms in total. The fraction of sp³-hybridized carbons (Fsp3) is 0. The van der Waals surface area contributed by atoms with Crippen molar-refractivity contribution in [2.45, 2.75) is 0 Å². The van der Waals surface area contributed by atoms with E-state index in [9.17, 15) is 39.5 Å². The molecule has 174 valence electrons. The third-order valence-corrected chi connectivity index (χ3v) is 4.72. The molecule has 0 unspecified atom stereocenters. The second kappa shape index (κ2) is 8.84. The lowest BCUT2D eigenvalue weighted by Gasteiger charge is -2.20. The van der Waals surface area contributed by atoms with Gasteiger partial charge in [-0.05, 0) is 35.7 Å². The third kappa shape index (κ3) is 4.11. The van der Waals surface area contributed by atoms with E-state index in [0.717, 1.165) is 0 Å². The van der Waals surface area contributed by atoms with E-state index in [0.29, 0.717) is 48.5 Å². The molecule has 0 atom stereocenters. The average molecular weight is 486 g/mol. The first-order chi connectivity index (χ1) is 16.1. The van der Waals surface area contributed by atoms with E-state index in [-0.39, 0.29) is 0 Å². The lowest BCUT2D eigenvalue weighted by Crippen LogP contribution is -2.46. The maximum absolute atomic E-state index is 14.9. The van der Waals surface area contributed by atoms with E-state index in [2.05, 4.69) is 0 Å². The van der Waals surface area contributed by atoms with Gasteiger partial charge in [-0.1, -0.05) is 6.07 Å². The smallest absolute Gasteiger partial charge is 0.520 e. The molecule has 0 aliphatic heterocycles. The summed E-state index contributed by atoms with van der Waals surface area (Å²) >= 11 is 0. The molecule has 0 aliphatic rings. The Balaban J connectivity index is 1.99. The first kappa shape index (κ1) is 23.3. The van der Waals surface area contributed by atoms with Crippen LogP contribution in [0, 0.1) is 52.4 Å². The summed E-state index contributed by atoms with van der Waals surface area (Å²) in [7, 11) is -2.46. The summed E-state index contributed by atoms with van der Waals surface area (Å²) in [5.74, 6) is -16.4. The van der Waals surface area contributed by atoms with Crippen LogP contribution in [0.2, 0.25) is 0 Å². The van der Waals surface area contributed by atoms with Gasteiger partial charge < -0.3 is 9.31 Å². The molecule has 0 amide bonds. The molecule has 34 heavy (non-hydrogen) atoms. The van der Waals surface area contributed by atoms with E-state index in [1.165, 1.54) is 0 Å². The molecule has 0 spiro atoms. The molecule has 0 aromatic heterocycles. The van der Waals surface area contributed by atoms with E-state index < -0.39 is 87.2 Å². The Bertz CT molecular complexity index is 1370. The highest BCUT2D eigenvalue weighted by Gasteiger charge is 2.38. The molecule has 0 heterocycles. The highest BCUT2D eigenvalue weighted by Crippen LogP contribution is 2.29. The van der Waals surface area contributed by atoms with Gasteiger partial charge in [-0.3, -0.25) is 0 Å². The molecule has 4 aromatic carbocycles. The number of fused-ring (bicyclic) bond motifs is 1. The summed E-state index contributed by atoms with van der Waals surface area (Å²) in [6.45, 7) is 0. The Morgan fingerprint density at radius 1 is 0.500 bits per heavy atom. The van der Waals surface area contributed by atoms with Gasteiger partial charge >= 0.3 is 7.12 Å². The van der Waals surface area contributed by atoms with Crippen LogP contribution in [-0.2, 0) is 0 Å². The summed E-state index contributed by atoms with van der Waals surface area (Å²) in [5, 5.41) is -2.19. The van der Waals surface area contributed by atoms with Crippen molar-refractivity contribution in [3.63, 3.8) is 0 Å². The number of hydrogen-bond donors (Lipinski definition) is 0. The summed E-state index contributed by atoms with van der Waals surface area (Å²) in [5.41, 5.74) is -1.17. The Morgan fingerprint density at radius 3 is 1.53 bits per heavy atom. The minimum atomic E-state index is -2.46. The lowest BCUT2D eigenvalue weighted by molar-refractivity contribution is 0.396. The number of hydrogen-bond acceptors (Lipinski definition) is 2. The zero-order chi connectivity index (χ0) is 24.7. The standard InChI is InChI=1S/C22H8BF9O2/c24-9-1-4-12(26)15(7-9)33-23(34-16-8-10(25)2-5-13(16)27)18-11-3-6-14(28)19(29)17(11)20(30)22(32)21(18)31/h1-8H. The molecule has 0 N–H and O–H groups in total. The van der Waals surface area contributed by atoms with Crippen molar-refractivity contribution in [1.82, 2.24) is 0 Å². The molecular formula is C22H8BF9O2. The van der Waals surface area contributed by atoms with Gasteiger partial charge in [-0.2, -0.15) is 0 Å².